The van der Waals surface area contributed by atoms with E-state index >= 15 is 0 Å². The number of hydrogen-bond acceptors (Lipinski definition) is 3. The van der Waals surface area contributed by atoms with Crippen molar-refractivity contribution < 1.29 is 9.18 Å². The van der Waals surface area contributed by atoms with Crippen LogP contribution in [0.5, 0.6) is 0 Å². The molecule has 1 atom stereocenters. The molecule has 0 bridgehead atoms. The number of carbonyl (C=O) groups is 1. The Balaban J connectivity index is 1.61. The molecule has 0 saturated heterocycles. The molecule has 27 heavy (non-hydrogen) atoms. The first-order valence-corrected chi connectivity index (χ1v) is 9.83. The second-order valence-corrected chi connectivity index (χ2v) is 7.74. The molecule has 1 fully saturated rings. The zero-order valence-electron chi connectivity index (χ0n) is 15.0. The van der Waals surface area contributed by atoms with E-state index in [4.69, 9.17) is 11.6 Å². The lowest BCUT2D eigenvalue weighted by Crippen LogP contribution is -2.39. The average molecular weight is 393 g/mol. The normalized spacial score (nSPS) is 19.9. The number of halogens is 2. The van der Waals surface area contributed by atoms with Gasteiger partial charge in [0.05, 0.1) is 12.5 Å². The van der Waals surface area contributed by atoms with Gasteiger partial charge in [-0.25, -0.2) is 13.9 Å². The summed E-state index contributed by atoms with van der Waals surface area (Å²) in [6, 6.07) is 4.63. The maximum absolute atomic E-state index is 14.1. The summed E-state index contributed by atoms with van der Waals surface area (Å²) in [6.07, 6.45) is 5.69. The number of fused-ring (bicyclic) bond motifs is 1. The van der Waals surface area contributed by atoms with E-state index < -0.39 is 11.7 Å². The molecule has 1 aromatic heterocycles. The summed E-state index contributed by atoms with van der Waals surface area (Å²) in [5.74, 6) is -0.515. The van der Waals surface area contributed by atoms with Crippen LogP contribution in [-0.4, -0.2) is 26.3 Å². The standard InChI is InChI=1S/C19H22ClFN4O2/c20-15-8-3-9-16(21)14(15)11-25-19(27)24-10-4-7-13(17(24)23-25)18(26)22-12-5-1-2-6-12/h3,8-9,12-13H,1-2,4-7,10-11H2,(H,22,26). The van der Waals surface area contributed by atoms with Gasteiger partial charge in [0.15, 0.2) is 0 Å². The Labute approximate surface area is 161 Å². The Kier molecular flexibility index (Phi) is 5.04. The predicted octanol–water partition coefficient (Wildman–Crippen LogP) is 2.82. The van der Waals surface area contributed by atoms with Crippen molar-refractivity contribution in [3.63, 3.8) is 0 Å². The summed E-state index contributed by atoms with van der Waals surface area (Å²) in [5.41, 5.74) is -0.105. The van der Waals surface area contributed by atoms with Crippen molar-refractivity contribution in [2.45, 2.75) is 63.6 Å². The van der Waals surface area contributed by atoms with Crippen molar-refractivity contribution >= 4 is 17.5 Å². The van der Waals surface area contributed by atoms with Crippen molar-refractivity contribution in [3.05, 3.63) is 50.9 Å². The number of rotatable bonds is 4. The summed E-state index contributed by atoms with van der Waals surface area (Å²) in [6.45, 7) is 0.466. The van der Waals surface area contributed by atoms with Crippen molar-refractivity contribution in [1.29, 1.82) is 0 Å². The van der Waals surface area contributed by atoms with Crippen LogP contribution in [0.2, 0.25) is 5.02 Å². The Hall–Kier alpha value is -2.15. The van der Waals surface area contributed by atoms with Crippen molar-refractivity contribution in [2.24, 2.45) is 0 Å². The van der Waals surface area contributed by atoms with Crippen molar-refractivity contribution in [3.8, 4) is 0 Å². The van der Waals surface area contributed by atoms with Crippen LogP contribution >= 0.6 is 11.6 Å². The third kappa shape index (κ3) is 3.52. The van der Waals surface area contributed by atoms with Gasteiger partial charge in [-0.2, -0.15) is 5.10 Å². The zero-order valence-corrected chi connectivity index (χ0v) is 15.7. The molecule has 0 spiro atoms. The van der Waals surface area contributed by atoms with Crippen LogP contribution in [0, 0.1) is 5.82 Å². The molecule has 1 unspecified atom stereocenters. The topological polar surface area (TPSA) is 68.9 Å². The van der Waals surface area contributed by atoms with Gasteiger partial charge in [-0.05, 0) is 37.8 Å². The number of benzene rings is 1. The van der Waals surface area contributed by atoms with Gasteiger partial charge in [-0.3, -0.25) is 9.36 Å². The molecule has 1 saturated carbocycles. The first-order chi connectivity index (χ1) is 13.0. The molecule has 0 radical (unpaired) electrons. The van der Waals surface area contributed by atoms with E-state index in [0.717, 1.165) is 32.1 Å². The van der Waals surface area contributed by atoms with E-state index in [0.29, 0.717) is 18.8 Å². The molecule has 4 rings (SSSR count). The number of nitrogens with zero attached hydrogens (tertiary/aromatic N) is 3. The fourth-order valence-corrected chi connectivity index (χ4v) is 4.29. The molecule has 2 aromatic rings. The van der Waals surface area contributed by atoms with E-state index in [9.17, 15) is 14.0 Å². The monoisotopic (exact) mass is 392 g/mol. The van der Waals surface area contributed by atoms with E-state index in [1.807, 2.05) is 0 Å². The Bertz CT molecular complexity index is 897. The van der Waals surface area contributed by atoms with Gasteiger partial charge in [0.25, 0.3) is 0 Å². The largest absolute Gasteiger partial charge is 0.353 e. The molecule has 1 aliphatic heterocycles. The first-order valence-electron chi connectivity index (χ1n) is 9.45. The Morgan fingerprint density at radius 3 is 2.78 bits per heavy atom. The highest BCUT2D eigenvalue weighted by atomic mass is 35.5. The third-order valence-electron chi connectivity index (χ3n) is 5.53. The summed E-state index contributed by atoms with van der Waals surface area (Å²) >= 11 is 6.08. The van der Waals surface area contributed by atoms with Gasteiger partial charge in [0.2, 0.25) is 5.91 Å². The molecule has 6 nitrogen and oxygen atoms in total. The van der Waals surface area contributed by atoms with Gasteiger partial charge in [0.1, 0.15) is 11.6 Å². The maximum atomic E-state index is 14.1. The number of amides is 1. The first kappa shape index (κ1) is 18.2. The van der Waals surface area contributed by atoms with Gasteiger partial charge >= 0.3 is 5.69 Å². The van der Waals surface area contributed by atoms with E-state index in [1.54, 1.807) is 6.07 Å². The molecule has 1 amide bonds. The molecular weight excluding hydrogens is 371 g/mol. The lowest BCUT2D eigenvalue weighted by Gasteiger charge is -2.23. The fourth-order valence-electron chi connectivity index (χ4n) is 4.06. The summed E-state index contributed by atoms with van der Waals surface area (Å²) in [4.78, 5) is 25.5. The molecule has 144 valence electrons. The number of carbonyl (C=O) groups excluding carboxylic acids is 1. The molecule has 2 aliphatic rings. The number of hydrogen-bond donors (Lipinski definition) is 1. The van der Waals surface area contributed by atoms with Gasteiger partial charge in [-0.15, -0.1) is 0 Å². The fraction of sp³-hybridized carbons (Fsp3) is 0.526. The van der Waals surface area contributed by atoms with E-state index in [1.165, 1.54) is 21.4 Å². The second-order valence-electron chi connectivity index (χ2n) is 7.34. The molecule has 1 aromatic carbocycles. The quantitative estimate of drug-likeness (QED) is 0.869. The number of aromatic nitrogens is 3. The smallest absolute Gasteiger partial charge is 0.346 e. The zero-order chi connectivity index (χ0) is 19.0. The Morgan fingerprint density at radius 2 is 2.04 bits per heavy atom. The third-order valence-corrected chi connectivity index (χ3v) is 5.88. The summed E-state index contributed by atoms with van der Waals surface area (Å²) in [5, 5.41) is 7.74. The van der Waals surface area contributed by atoms with Crippen LogP contribution in [0.1, 0.15) is 55.8 Å². The van der Waals surface area contributed by atoms with Crippen LogP contribution < -0.4 is 11.0 Å². The van der Waals surface area contributed by atoms with Gasteiger partial charge < -0.3 is 5.32 Å². The van der Waals surface area contributed by atoms with Gasteiger partial charge in [0, 0.05) is 23.2 Å². The molecular formula is C19H22ClFN4O2. The maximum Gasteiger partial charge on any atom is 0.346 e. The Morgan fingerprint density at radius 1 is 1.26 bits per heavy atom. The molecule has 2 heterocycles. The summed E-state index contributed by atoms with van der Waals surface area (Å²) < 4.78 is 16.8. The van der Waals surface area contributed by atoms with E-state index in [-0.39, 0.29) is 34.8 Å². The van der Waals surface area contributed by atoms with Crippen molar-refractivity contribution in [2.75, 3.05) is 0 Å². The van der Waals surface area contributed by atoms with Crippen LogP contribution in [0.25, 0.3) is 0 Å². The SMILES string of the molecule is O=C(NC1CCCC1)C1CCCn2c1nn(Cc1c(F)cccc1Cl)c2=O. The molecule has 8 heteroatoms. The second kappa shape index (κ2) is 7.46. The van der Waals surface area contributed by atoms with Gasteiger partial charge in [-0.1, -0.05) is 30.5 Å². The molecule has 1 aliphatic carbocycles. The highest BCUT2D eigenvalue weighted by Crippen LogP contribution is 2.27. The summed E-state index contributed by atoms with van der Waals surface area (Å²) in [7, 11) is 0. The van der Waals surface area contributed by atoms with Crippen LogP contribution in [0.15, 0.2) is 23.0 Å². The van der Waals surface area contributed by atoms with Crippen LogP contribution in [0.3, 0.4) is 0 Å². The predicted molar refractivity (Wildman–Crippen MR) is 99.4 cm³/mol. The lowest BCUT2D eigenvalue weighted by molar-refractivity contribution is -0.123. The minimum atomic E-state index is -0.476. The van der Waals surface area contributed by atoms with Crippen LogP contribution in [-0.2, 0) is 17.9 Å². The van der Waals surface area contributed by atoms with E-state index in [2.05, 4.69) is 10.4 Å². The minimum absolute atomic E-state index is 0.0543. The van der Waals surface area contributed by atoms with Crippen LogP contribution in [0.4, 0.5) is 4.39 Å². The minimum Gasteiger partial charge on any atom is -0.353 e. The average Bonchev–Trinajstić information content (AvgIpc) is 3.26. The number of nitrogens with one attached hydrogen (secondary N) is 1. The lowest BCUT2D eigenvalue weighted by atomic mass is 9.97. The van der Waals surface area contributed by atoms with Crippen molar-refractivity contribution in [1.82, 2.24) is 19.7 Å². The highest BCUT2D eigenvalue weighted by molar-refractivity contribution is 6.31. The highest BCUT2D eigenvalue weighted by Gasteiger charge is 2.33. The molecule has 1 N–H and O–H groups in total.